The summed E-state index contributed by atoms with van der Waals surface area (Å²) in [5.41, 5.74) is -1.78. The van der Waals surface area contributed by atoms with Crippen LogP contribution >= 0.6 is 0 Å². The summed E-state index contributed by atoms with van der Waals surface area (Å²) in [5, 5.41) is 20.3. The van der Waals surface area contributed by atoms with Crippen LogP contribution in [0.25, 0.3) is 0 Å². The number of nitrogens with one attached hydrogen (secondary N) is 1. The number of aliphatic hydroxyl groups is 1. The van der Waals surface area contributed by atoms with Gasteiger partial charge in [-0.15, -0.1) is 10.2 Å². The molecule has 27 heavy (non-hydrogen) atoms. The average Bonchev–Trinajstić information content (AvgIpc) is 3.06. The summed E-state index contributed by atoms with van der Waals surface area (Å²) < 4.78 is 50.1. The van der Waals surface area contributed by atoms with Gasteiger partial charge in [-0.05, 0) is 24.6 Å². The average molecular weight is 386 g/mol. The number of ether oxygens (including phenoxy) is 2. The van der Waals surface area contributed by atoms with Gasteiger partial charge < -0.3 is 19.9 Å². The maximum absolute atomic E-state index is 13.3. The molecular formula is C16H17F3N4O4. The summed E-state index contributed by atoms with van der Waals surface area (Å²) in [6, 6.07) is 5.59. The zero-order valence-corrected chi connectivity index (χ0v) is 14.6. The first-order chi connectivity index (χ1) is 12.6. The Morgan fingerprint density at radius 2 is 1.89 bits per heavy atom. The molecule has 0 amide bonds. The minimum absolute atomic E-state index is 0.312. The van der Waals surface area contributed by atoms with Crippen LogP contribution in [-0.2, 0) is 21.4 Å². The van der Waals surface area contributed by atoms with Gasteiger partial charge in [-0.1, -0.05) is 12.1 Å². The highest BCUT2D eigenvalue weighted by atomic mass is 19.4. The summed E-state index contributed by atoms with van der Waals surface area (Å²) in [7, 11) is 2.58. The molecule has 0 fully saturated rings. The number of benzene rings is 1. The number of methoxy groups -OCH3 is 2. The maximum atomic E-state index is 13.3. The summed E-state index contributed by atoms with van der Waals surface area (Å²) in [4.78, 5) is 12.4. The number of alkyl halides is 3. The Morgan fingerprint density at radius 1 is 1.26 bits per heavy atom. The third-order valence-corrected chi connectivity index (χ3v) is 4.51. The molecule has 0 aliphatic carbocycles. The largest absolute Gasteiger partial charge is 0.497 e. The summed E-state index contributed by atoms with van der Waals surface area (Å²) in [6.45, 7) is 1.09. The Kier molecular flexibility index (Phi) is 4.50. The molecule has 0 radical (unpaired) electrons. The molecule has 2 N–H and O–H groups in total. The third-order valence-electron chi connectivity index (χ3n) is 4.51. The molecule has 8 nitrogen and oxygen atoms in total. The highest BCUT2D eigenvalue weighted by Gasteiger charge is 2.55. The van der Waals surface area contributed by atoms with E-state index in [0.29, 0.717) is 15.9 Å². The third kappa shape index (κ3) is 3.07. The van der Waals surface area contributed by atoms with E-state index in [1.807, 2.05) is 0 Å². The summed E-state index contributed by atoms with van der Waals surface area (Å²) >= 11 is 0. The fraction of sp³-hybridized carbons (Fsp3) is 0.438. The molecule has 2 heterocycles. The molecule has 0 saturated carbocycles. The molecule has 1 aromatic carbocycles. The van der Waals surface area contributed by atoms with Gasteiger partial charge in [0.25, 0.3) is 0 Å². The number of anilines is 1. The van der Waals surface area contributed by atoms with Crippen molar-refractivity contribution in [3.05, 3.63) is 35.7 Å². The number of esters is 1. The van der Waals surface area contributed by atoms with Crippen LogP contribution < -0.4 is 10.1 Å². The van der Waals surface area contributed by atoms with Crippen LogP contribution in [0.15, 0.2) is 24.3 Å². The first-order valence-electron chi connectivity index (χ1n) is 7.85. The Morgan fingerprint density at radius 3 is 2.41 bits per heavy atom. The van der Waals surface area contributed by atoms with Gasteiger partial charge in [-0.2, -0.15) is 13.2 Å². The van der Waals surface area contributed by atoms with Crippen LogP contribution in [-0.4, -0.2) is 40.1 Å². The van der Waals surface area contributed by atoms with E-state index in [4.69, 9.17) is 9.47 Å². The molecule has 1 aliphatic heterocycles. The standard InChI is InChI=1S/C16H17F3N4O4/c1-15(25)10(12(24)27-3)11(8-4-6-9(26-2)7-5-8)20-14-22-21-13(23(14)15)16(17,18)19/h4-7,10-11,25H,1-3H3,(H,20,22)/t10-,11-,15-/m0/s1. The van der Waals surface area contributed by atoms with Crippen LogP contribution in [0.1, 0.15) is 24.4 Å². The van der Waals surface area contributed by atoms with Gasteiger partial charge in [0.2, 0.25) is 11.8 Å². The highest BCUT2D eigenvalue weighted by molar-refractivity contribution is 5.76. The van der Waals surface area contributed by atoms with Crippen molar-refractivity contribution in [2.45, 2.75) is 24.9 Å². The molecule has 1 aliphatic rings. The number of carbonyl (C=O) groups excluding carboxylic acids is 1. The van der Waals surface area contributed by atoms with Gasteiger partial charge in [0, 0.05) is 0 Å². The first kappa shape index (κ1) is 19.0. The number of carbonyl (C=O) groups is 1. The normalized spacial score (nSPS) is 24.7. The molecule has 11 heteroatoms. The van der Waals surface area contributed by atoms with Crippen molar-refractivity contribution in [1.82, 2.24) is 14.8 Å². The molecule has 0 bridgehead atoms. The molecule has 0 saturated heterocycles. The Labute approximate surface area is 151 Å². The molecule has 2 aromatic rings. The molecule has 0 unspecified atom stereocenters. The zero-order valence-electron chi connectivity index (χ0n) is 14.6. The lowest BCUT2D eigenvalue weighted by Crippen LogP contribution is -2.52. The molecule has 146 valence electrons. The van der Waals surface area contributed by atoms with Crippen molar-refractivity contribution < 1.29 is 32.5 Å². The van der Waals surface area contributed by atoms with Crippen LogP contribution in [0.3, 0.4) is 0 Å². The number of hydrogen-bond donors (Lipinski definition) is 2. The van der Waals surface area contributed by atoms with E-state index in [1.54, 1.807) is 24.3 Å². The van der Waals surface area contributed by atoms with Crippen molar-refractivity contribution in [3.8, 4) is 5.75 Å². The van der Waals surface area contributed by atoms with Gasteiger partial charge in [-0.3, -0.25) is 9.36 Å². The van der Waals surface area contributed by atoms with Crippen molar-refractivity contribution in [3.63, 3.8) is 0 Å². The van der Waals surface area contributed by atoms with E-state index in [9.17, 15) is 23.1 Å². The summed E-state index contributed by atoms with van der Waals surface area (Å²) in [6.07, 6.45) is -4.87. The van der Waals surface area contributed by atoms with Crippen molar-refractivity contribution >= 4 is 11.9 Å². The first-order valence-corrected chi connectivity index (χ1v) is 7.85. The molecule has 3 rings (SSSR count). The number of fused-ring (bicyclic) bond motifs is 1. The Bertz CT molecular complexity index is 848. The number of hydrogen-bond acceptors (Lipinski definition) is 7. The topological polar surface area (TPSA) is 98.5 Å². The second kappa shape index (κ2) is 6.41. The van der Waals surface area contributed by atoms with E-state index in [-0.39, 0.29) is 5.95 Å². The van der Waals surface area contributed by atoms with Crippen LogP contribution in [0.5, 0.6) is 5.75 Å². The van der Waals surface area contributed by atoms with Gasteiger partial charge >= 0.3 is 12.1 Å². The quantitative estimate of drug-likeness (QED) is 0.778. The monoisotopic (exact) mass is 386 g/mol. The summed E-state index contributed by atoms with van der Waals surface area (Å²) in [5.74, 6) is -3.47. The lowest BCUT2D eigenvalue weighted by molar-refractivity contribution is -0.179. The number of nitrogens with zero attached hydrogens (tertiary/aromatic N) is 3. The second-order valence-corrected chi connectivity index (χ2v) is 6.17. The van der Waals surface area contributed by atoms with Gasteiger partial charge in [-0.25, -0.2) is 0 Å². The predicted octanol–water partition coefficient (Wildman–Crippen LogP) is 1.93. The Balaban J connectivity index is 2.15. The van der Waals surface area contributed by atoms with E-state index in [2.05, 4.69) is 15.5 Å². The molecule has 0 spiro atoms. The maximum Gasteiger partial charge on any atom is 0.451 e. The number of halogens is 3. The van der Waals surface area contributed by atoms with E-state index in [1.165, 1.54) is 7.11 Å². The fourth-order valence-electron chi connectivity index (χ4n) is 3.24. The fourth-order valence-corrected chi connectivity index (χ4v) is 3.24. The molecule has 3 atom stereocenters. The predicted molar refractivity (Wildman–Crippen MR) is 85.8 cm³/mol. The van der Waals surface area contributed by atoms with Gasteiger partial charge in [0.1, 0.15) is 11.7 Å². The van der Waals surface area contributed by atoms with Gasteiger partial charge in [0.15, 0.2) is 5.72 Å². The van der Waals surface area contributed by atoms with E-state index < -0.39 is 35.7 Å². The second-order valence-electron chi connectivity index (χ2n) is 6.17. The molecule has 1 aromatic heterocycles. The van der Waals surface area contributed by atoms with Crippen molar-refractivity contribution in [2.75, 3.05) is 19.5 Å². The molecular weight excluding hydrogens is 369 g/mol. The number of rotatable bonds is 3. The number of aromatic nitrogens is 3. The van der Waals surface area contributed by atoms with Crippen LogP contribution in [0, 0.1) is 5.92 Å². The minimum atomic E-state index is -4.87. The smallest absolute Gasteiger partial charge is 0.451 e. The van der Waals surface area contributed by atoms with Crippen molar-refractivity contribution in [2.24, 2.45) is 5.92 Å². The van der Waals surface area contributed by atoms with Crippen LogP contribution in [0.2, 0.25) is 0 Å². The van der Waals surface area contributed by atoms with E-state index >= 15 is 0 Å². The zero-order chi connectivity index (χ0) is 20.0. The van der Waals surface area contributed by atoms with Crippen molar-refractivity contribution in [1.29, 1.82) is 0 Å². The lowest BCUT2D eigenvalue weighted by Gasteiger charge is -2.42. The Hall–Kier alpha value is -2.82. The SMILES string of the molecule is COC(=O)[C@@H]1[C@H](c2ccc(OC)cc2)Nc2nnc(C(F)(F)F)n2[C@@]1(C)O. The lowest BCUT2D eigenvalue weighted by atomic mass is 9.83. The van der Waals surface area contributed by atoms with Gasteiger partial charge in [0.05, 0.1) is 20.3 Å². The van der Waals surface area contributed by atoms with E-state index in [0.717, 1.165) is 14.0 Å². The highest BCUT2D eigenvalue weighted by Crippen LogP contribution is 2.45. The van der Waals surface area contributed by atoms with Crippen LogP contribution in [0.4, 0.5) is 19.1 Å². The minimum Gasteiger partial charge on any atom is -0.497 e.